The van der Waals surface area contributed by atoms with Gasteiger partial charge in [0, 0.05) is 10.3 Å². The molecular weight excluding hydrogens is 187 g/mol. The number of alkyl halides is 1. The lowest BCUT2D eigenvalue weighted by Gasteiger charge is -1.95. The first-order valence-corrected chi connectivity index (χ1v) is 3.74. The Hall–Kier alpha value is 0.470. The Kier molecular flexibility index (Phi) is 0.480. The molecule has 0 aliphatic heterocycles. The van der Waals surface area contributed by atoms with E-state index in [0.29, 0.717) is 0 Å². The molecule has 0 heterocycles. The smallest absolute Gasteiger partial charge is 0.0109 e. The van der Waals surface area contributed by atoms with Crippen molar-refractivity contribution in [2.45, 2.75) is 6.42 Å². The molecule has 1 heteroatoms. The van der Waals surface area contributed by atoms with E-state index in [2.05, 4.69) is 22.6 Å². The summed E-state index contributed by atoms with van der Waals surface area (Å²) in [6.45, 7) is 0. The highest BCUT2D eigenvalue weighted by Crippen LogP contribution is 2.61. The molecule has 2 aliphatic carbocycles. The summed E-state index contributed by atoms with van der Waals surface area (Å²) >= 11 is 2.44. The average Bonchev–Trinajstić information content (AvgIpc) is 2.12. The largest absolute Gasteiger partial charge is 0.0854 e. The Balaban J connectivity index is 1.98. The molecule has 0 nitrogen and oxygen atoms in total. The average molecular weight is 192 g/mol. The fourth-order valence-corrected chi connectivity index (χ4v) is 1.90. The van der Waals surface area contributed by atoms with Gasteiger partial charge < -0.3 is 0 Å². The highest BCUT2D eigenvalue weighted by Gasteiger charge is 2.47. The Morgan fingerprint density at radius 3 is 2.33 bits per heavy atom. The quantitative estimate of drug-likeness (QED) is 0.337. The molecule has 0 atom stereocenters. The first-order chi connectivity index (χ1) is 2.93. The van der Waals surface area contributed by atoms with E-state index in [9.17, 15) is 0 Å². The summed E-state index contributed by atoms with van der Waals surface area (Å²) in [5, 5.41) is 0. The Labute approximate surface area is 50.8 Å². The minimum atomic E-state index is 1.02. The van der Waals surface area contributed by atoms with E-state index in [1.165, 1.54) is 10.8 Å². The van der Waals surface area contributed by atoms with E-state index < -0.39 is 0 Å². The van der Waals surface area contributed by atoms with Crippen molar-refractivity contribution in [3.05, 3.63) is 11.1 Å². The van der Waals surface area contributed by atoms with Crippen LogP contribution >= 0.6 is 22.6 Å². The lowest BCUT2D eigenvalue weighted by atomic mass is 10.1. The van der Waals surface area contributed by atoms with E-state index in [-0.39, 0.29) is 0 Å². The molecule has 0 aromatic rings. The molecule has 0 radical (unpaired) electrons. The number of halogens is 1. The van der Waals surface area contributed by atoms with E-state index >= 15 is 0 Å². The van der Waals surface area contributed by atoms with Crippen LogP contribution in [0.1, 0.15) is 6.42 Å². The summed E-state index contributed by atoms with van der Waals surface area (Å²) in [4.78, 5) is 0. The van der Waals surface area contributed by atoms with Gasteiger partial charge in [-0.2, -0.15) is 0 Å². The van der Waals surface area contributed by atoms with Crippen LogP contribution in [0.25, 0.3) is 0 Å². The molecule has 0 N–H and O–H groups in total. The van der Waals surface area contributed by atoms with Crippen molar-refractivity contribution in [1.29, 1.82) is 0 Å². The minimum Gasteiger partial charge on any atom is -0.0854 e. The predicted molar refractivity (Wildman–Crippen MR) is 34.0 cm³/mol. The summed E-state index contributed by atoms with van der Waals surface area (Å²) in [7, 11) is 0. The Morgan fingerprint density at radius 2 is 2.33 bits per heavy atom. The zero-order valence-corrected chi connectivity index (χ0v) is 5.53. The predicted octanol–water partition coefficient (Wildman–Crippen LogP) is 1.75. The van der Waals surface area contributed by atoms with E-state index in [1.54, 1.807) is 11.1 Å². The monoisotopic (exact) mass is 192 g/mol. The second kappa shape index (κ2) is 0.831. The summed E-state index contributed by atoms with van der Waals surface area (Å²) < 4.78 is 1.35. The third-order valence-electron chi connectivity index (χ3n) is 1.58. The highest BCUT2D eigenvalue weighted by molar-refractivity contribution is 14.1. The van der Waals surface area contributed by atoms with Crippen LogP contribution in [0.5, 0.6) is 0 Å². The zero-order chi connectivity index (χ0) is 4.15. The van der Waals surface area contributed by atoms with Crippen molar-refractivity contribution in [2.75, 3.05) is 4.43 Å². The molecule has 32 valence electrons. The van der Waals surface area contributed by atoms with Crippen molar-refractivity contribution in [3.8, 4) is 0 Å². The van der Waals surface area contributed by atoms with Crippen molar-refractivity contribution in [1.82, 2.24) is 0 Å². The Bertz CT molecular complexity index is 112. The van der Waals surface area contributed by atoms with Crippen molar-refractivity contribution >= 4 is 22.6 Å². The lowest BCUT2D eigenvalue weighted by Crippen LogP contribution is -1.89. The summed E-state index contributed by atoms with van der Waals surface area (Å²) in [5.74, 6) is 1.02. The zero-order valence-electron chi connectivity index (χ0n) is 3.37. The normalized spacial score (nSPS) is 27.5. The molecular formula is C5H5I. The van der Waals surface area contributed by atoms with Crippen LogP contribution in [0, 0.1) is 5.92 Å². The van der Waals surface area contributed by atoms with Gasteiger partial charge in [-0.3, -0.25) is 0 Å². The topological polar surface area (TPSA) is 0 Å². The molecule has 2 rings (SSSR count). The fourth-order valence-electron chi connectivity index (χ4n) is 0.840. The van der Waals surface area contributed by atoms with Crippen molar-refractivity contribution < 1.29 is 0 Å². The second-order valence-electron chi connectivity index (χ2n) is 1.93. The van der Waals surface area contributed by atoms with Crippen LogP contribution in [-0.4, -0.2) is 4.43 Å². The highest BCUT2D eigenvalue weighted by atomic mass is 127. The van der Waals surface area contributed by atoms with Crippen molar-refractivity contribution in [2.24, 2.45) is 5.92 Å². The first kappa shape index (κ1) is 3.47. The number of hydrogen-bond donors (Lipinski definition) is 0. The summed E-state index contributed by atoms with van der Waals surface area (Å²) in [6, 6.07) is 0. The molecule has 0 unspecified atom stereocenters. The van der Waals surface area contributed by atoms with E-state index in [4.69, 9.17) is 0 Å². The molecule has 2 aliphatic rings. The fraction of sp³-hybridized carbons (Fsp3) is 0.600. The van der Waals surface area contributed by atoms with Gasteiger partial charge in [0.25, 0.3) is 0 Å². The van der Waals surface area contributed by atoms with Gasteiger partial charge in [0.15, 0.2) is 0 Å². The maximum Gasteiger partial charge on any atom is 0.0109 e. The van der Waals surface area contributed by atoms with Gasteiger partial charge in [0.1, 0.15) is 0 Å². The molecule has 0 spiro atoms. The number of hydrogen-bond acceptors (Lipinski definition) is 0. The van der Waals surface area contributed by atoms with Gasteiger partial charge in [0.05, 0.1) is 0 Å². The standard InChI is InChI=1S/C5H5I/c6-2-5-3-1-4(3)5/h5H,1-2H2. The van der Waals surface area contributed by atoms with Gasteiger partial charge in [-0.15, -0.1) is 0 Å². The first-order valence-electron chi connectivity index (χ1n) is 2.21. The van der Waals surface area contributed by atoms with Gasteiger partial charge in [-0.25, -0.2) is 0 Å². The molecule has 0 fully saturated rings. The van der Waals surface area contributed by atoms with E-state index in [0.717, 1.165) is 5.92 Å². The minimum absolute atomic E-state index is 1.02. The van der Waals surface area contributed by atoms with Crippen LogP contribution in [0.15, 0.2) is 11.1 Å². The SMILES string of the molecule is ICC1C2=C1C2. The van der Waals surface area contributed by atoms with E-state index in [1.807, 2.05) is 0 Å². The van der Waals surface area contributed by atoms with Crippen LogP contribution in [0.3, 0.4) is 0 Å². The van der Waals surface area contributed by atoms with Crippen molar-refractivity contribution in [3.63, 3.8) is 0 Å². The molecule has 0 saturated carbocycles. The van der Waals surface area contributed by atoms with Gasteiger partial charge in [0.2, 0.25) is 0 Å². The third-order valence-corrected chi connectivity index (χ3v) is 2.46. The second-order valence-corrected chi connectivity index (χ2v) is 2.81. The molecule has 6 heavy (non-hydrogen) atoms. The Morgan fingerprint density at radius 1 is 1.67 bits per heavy atom. The maximum absolute atomic E-state index is 2.44. The molecule has 0 bridgehead atoms. The van der Waals surface area contributed by atoms with Gasteiger partial charge in [-0.1, -0.05) is 33.7 Å². The van der Waals surface area contributed by atoms with Gasteiger partial charge >= 0.3 is 0 Å². The number of allylic oxidation sites excluding steroid dienone is 2. The molecule has 0 aromatic heterocycles. The van der Waals surface area contributed by atoms with Crippen LogP contribution < -0.4 is 0 Å². The lowest BCUT2D eigenvalue weighted by molar-refractivity contribution is 0.903. The summed E-state index contributed by atoms with van der Waals surface area (Å²) in [5.41, 5.74) is 3.56. The molecule has 0 aromatic carbocycles. The van der Waals surface area contributed by atoms with Gasteiger partial charge in [-0.05, 0) is 6.42 Å². The maximum atomic E-state index is 2.44. The third kappa shape index (κ3) is 0.257. The molecule has 0 saturated heterocycles. The summed E-state index contributed by atoms with van der Waals surface area (Å²) in [6.07, 6.45) is 1.41. The molecule has 0 amide bonds. The number of rotatable bonds is 1. The van der Waals surface area contributed by atoms with Crippen LogP contribution in [-0.2, 0) is 0 Å². The van der Waals surface area contributed by atoms with Crippen LogP contribution in [0.4, 0.5) is 0 Å². The van der Waals surface area contributed by atoms with Crippen LogP contribution in [0.2, 0.25) is 0 Å².